The zero-order valence-corrected chi connectivity index (χ0v) is 44.1. The molecule has 3 atom stereocenters. The Hall–Kier alpha value is -5.34. The summed E-state index contributed by atoms with van der Waals surface area (Å²) in [7, 11) is 0. The summed E-state index contributed by atoms with van der Waals surface area (Å²) in [6, 6.07) is 8.76. The van der Waals surface area contributed by atoms with Crippen molar-refractivity contribution in [3.63, 3.8) is 0 Å². The molecule has 1 unspecified atom stereocenters. The molecule has 0 bridgehead atoms. The van der Waals surface area contributed by atoms with Crippen LogP contribution >= 0.6 is 34.7 Å². The number of halogens is 1. The molecule has 0 saturated carbocycles. The number of rotatable bonds is 15. The first-order chi connectivity index (χ1) is 34.7. The van der Waals surface area contributed by atoms with Crippen LogP contribution in [0.2, 0.25) is 5.02 Å². The van der Waals surface area contributed by atoms with Crippen molar-refractivity contribution >= 4 is 64.1 Å². The fraction of sp³-hybridized carbons (Fsp3) is 0.538. The van der Waals surface area contributed by atoms with Gasteiger partial charge in [-0.3, -0.25) is 14.4 Å². The maximum atomic E-state index is 14.0. The molecule has 1 aromatic carbocycles. The van der Waals surface area contributed by atoms with Gasteiger partial charge in [-0.2, -0.15) is 0 Å². The zero-order chi connectivity index (χ0) is 50.7. The molecule has 20 heteroatoms. The van der Waals surface area contributed by atoms with Crippen molar-refractivity contribution in [1.29, 1.82) is 0 Å². The van der Waals surface area contributed by atoms with E-state index in [-0.39, 0.29) is 60.6 Å². The number of likely N-dealkylation sites (tertiary alicyclic amines) is 2. The highest BCUT2D eigenvalue weighted by atomic mass is 35.5. The Balaban J connectivity index is 0.786. The first kappa shape index (κ1) is 51.6. The number of amides is 3. The smallest absolute Gasteiger partial charge is 0.243 e. The van der Waals surface area contributed by atoms with Crippen molar-refractivity contribution in [2.45, 2.75) is 120 Å². The second-order valence-electron chi connectivity index (χ2n) is 20.5. The average Bonchev–Trinajstić information content (AvgIpc) is 4.13. The molecule has 9 rings (SSSR count). The van der Waals surface area contributed by atoms with Crippen molar-refractivity contribution in [1.82, 2.24) is 40.2 Å². The lowest BCUT2D eigenvalue weighted by Gasteiger charge is -2.39. The summed E-state index contributed by atoms with van der Waals surface area (Å²) in [5.74, 6) is 1.33. The minimum absolute atomic E-state index is 0.0499. The summed E-state index contributed by atoms with van der Waals surface area (Å²) >= 11 is 10.0. The predicted octanol–water partition coefficient (Wildman–Crippen LogP) is 7.27. The molecule has 4 aliphatic rings. The summed E-state index contributed by atoms with van der Waals surface area (Å²) in [6.07, 6.45) is 9.32. The first-order valence-electron chi connectivity index (χ1n) is 25.2. The molecule has 72 heavy (non-hydrogen) atoms. The van der Waals surface area contributed by atoms with Crippen molar-refractivity contribution in [2.24, 2.45) is 23.0 Å². The Bertz CT molecular complexity index is 2700. The van der Waals surface area contributed by atoms with Crippen LogP contribution in [0.15, 0.2) is 68.9 Å². The third kappa shape index (κ3) is 11.5. The maximum absolute atomic E-state index is 14.0. The van der Waals surface area contributed by atoms with Gasteiger partial charge in [0.15, 0.2) is 0 Å². The highest BCUT2D eigenvalue weighted by Gasteiger charge is 2.43. The van der Waals surface area contributed by atoms with Gasteiger partial charge in [0.25, 0.3) is 0 Å². The molecule has 8 heterocycles. The Labute approximate surface area is 434 Å². The normalized spacial score (nSPS) is 20.3. The number of nitrogens with zero attached hydrogens (tertiary/aromatic N) is 9. The van der Waals surface area contributed by atoms with Gasteiger partial charge < -0.3 is 45.0 Å². The summed E-state index contributed by atoms with van der Waals surface area (Å²) in [5.41, 5.74) is 11.3. The number of thiazole rings is 1. The number of anilines is 2. The Morgan fingerprint density at radius 2 is 1.75 bits per heavy atom. The van der Waals surface area contributed by atoms with E-state index >= 15 is 0 Å². The standard InChI is InChI=1S/C52H66ClN11O6S2/c1-31(2)45(41-22-32(3)60-70-41)51(68)64-28-37(65)24-39(64)49(66)58-25-36-7-6-35(47-33(4)59-30-71-47)23-40(36)69-38-11-18-63(19-12-38)50(67)34-9-16-62(17-10-34)48-46(53)42(8-15-55-48)72-44-27-56-43(26-57-44)61-20-13-52(5,29-54)14-21-61/h6-8,15,22-23,26-27,30-31,34,37-39,45,65H,9-14,16-21,24-25,28-29,54H2,1-5H3,(H,58,66)/t37-,39+,45?/m1/s1. The molecule has 17 nitrogen and oxygen atoms in total. The highest BCUT2D eigenvalue weighted by molar-refractivity contribution is 7.99. The molecule has 5 aromatic rings. The maximum Gasteiger partial charge on any atom is 0.243 e. The van der Waals surface area contributed by atoms with E-state index in [1.165, 1.54) is 16.7 Å². The first-order valence-corrected chi connectivity index (χ1v) is 27.3. The van der Waals surface area contributed by atoms with Gasteiger partial charge in [0.1, 0.15) is 46.2 Å². The zero-order valence-electron chi connectivity index (χ0n) is 41.8. The Kier molecular flexibility index (Phi) is 16.1. The number of aryl methyl sites for hydroxylation is 2. The molecule has 4 aliphatic heterocycles. The molecule has 0 radical (unpaired) electrons. The second-order valence-corrected chi connectivity index (χ2v) is 22.8. The van der Waals surface area contributed by atoms with Gasteiger partial charge in [-0.1, -0.05) is 61.4 Å². The van der Waals surface area contributed by atoms with Gasteiger partial charge in [-0.25, -0.2) is 19.9 Å². The van der Waals surface area contributed by atoms with Crippen molar-refractivity contribution in [2.75, 3.05) is 62.2 Å². The minimum Gasteiger partial charge on any atom is -0.490 e. The van der Waals surface area contributed by atoms with Gasteiger partial charge >= 0.3 is 0 Å². The molecule has 4 N–H and O–H groups in total. The quantitative estimate of drug-likeness (QED) is 0.0942. The number of hydrogen-bond acceptors (Lipinski definition) is 16. The van der Waals surface area contributed by atoms with E-state index < -0.39 is 18.1 Å². The number of piperidine rings is 3. The van der Waals surface area contributed by atoms with E-state index in [0.29, 0.717) is 86.5 Å². The van der Waals surface area contributed by atoms with Gasteiger partial charge in [-0.15, -0.1) is 11.3 Å². The average molecular weight is 1040 g/mol. The third-order valence-electron chi connectivity index (χ3n) is 14.9. The largest absolute Gasteiger partial charge is 0.490 e. The summed E-state index contributed by atoms with van der Waals surface area (Å²) in [4.78, 5) is 70.3. The van der Waals surface area contributed by atoms with Crippen LogP contribution in [0, 0.1) is 31.1 Å². The number of nitrogens with two attached hydrogens (primary N) is 1. The molecule has 4 fully saturated rings. The SMILES string of the molecule is Cc1cc(C(C(=O)N2C[C@H](O)C[C@H]2C(=O)NCc2ccc(-c3scnc3C)cc2OC2CCN(C(=O)C3CCN(c4nccc(Sc5cnc(N6CCC(C)(CN)CC6)cn5)c4Cl)CC3)CC2)C(C)C)on1. The van der Waals surface area contributed by atoms with Crippen LogP contribution in [0.5, 0.6) is 5.75 Å². The third-order valence-corrected chi connectivity index (χ3v) is 17.4. The van der Waals surface area contributed by atoms with E-state index in [0.717, 1.165) is 63.4 Å². The number of carbonyl (C=O) groups is 3. The van der Waals surface area contributed by atoms with E-state index in [1.807, 2.05) is 61.6 Å². The lowest BCUT2D eigenvalue weighted by atomic mass is 9.80. The lowest BCUT2D eigenvalue weighted by molar-refractivity contribution is -0.141. The van der Waals surface area contributed by atoms with E-state index in [9.17, 15) is 19.5 Å². The van der Waals surface area contributed by atoms with E-state index in [1.54, 1.807) is 36.7 Å². The number of carbonyl (C=O) groups excluding carboxylic acids is 3. The minimum atomic E-state index is -0.856. The summed E-state index contributed by atoms with van der Waals surface area (Å²) in [5, 5.41) is 19.1. The molecule has 0 aliphatic carbocycles. The number of β-amino-alcohol motifs (C(OH)–C–C–N with tert-alkyl or cyclic N) is 1. The van der Waals surface area contributed by atoms with E-state index in [4.69, 9.17) is 36.6 Å². The van der Waals surface area contributed by atoms with Crippen molar-refractivity contribution in [3.05, 3.63) is 82.2 Å². The van der Waals surface area contributed by atoms with Gasteiger partial charge in [0, 0.05) is 100 Å². The fourth-order valence-corrected chi connectivity index (χ4v) is 12.3. The second kappa shape index (κ2) is 22.4. The number of ether oxygens (including phenoxy) is 1. The summed E-state index contributed by atoms with van der Waals surface area (Å²) in [6.45, 7) is 15.1. The highest BCUT2D eigenvalue weighted by Crippen LogP contribution is 2.40. The molecule has 384 valence electrons. The number of nitrogens with one attached hydrogen (secondary N) is 1. The fourth-order valence-electron chi connectivity index (χ4n) is 10.4. The lowest BCUT2D eigenvalue weighted by Crippen LogP contribution is -2.48. The van der Waals surface area contributed by atoms with Crippen molar-refractivity contribution in [3.8, 4) is 16.2 Å². The van der Waals surface area contributed by atoms with Crippen molar-refractivity contribution < 1.29 is 28.8 Å². The van der Waals surface area contributed by atoms with Crippen LogP contribution in [0.25, 0.3) is 10.4 Å². The Morgan fingerprint density at radius 1 is 0.986 bits per heavy atom. The molecule has 0 spiro atoms. The van der Waals surface area contributed by atoms with Crippen LogP contribution in [-0.4, -0.2) is 128 Å². The number of pyridine rings is 1. The molecule has 4 aromatic heterocycles. The number of benzene rings is 1. The molecular weight excluding hydrogens is 974 g/mol. The van der Waals surface area contributed by atoms with Crippen LogP contribution in [-0.2, 0) is 20.9 Å². The van der Waals surface area contributed by atoms with Crippen LogP contribution in [0.1, 0.15) is 94.3 Å². The van der Waals surface area contributed by atoms with Gasteiger partial charge in [-0.05, 0) is 75.1 Å². The number of hydrogen-bond donors (Lipinski definition) is 3. The van der Waals surface area contributed by atoms with E-state index in [2.05, 4.69) is 37.2 Å². The summed E-state index contributed by atoms with van der Waals surface area (Å²) < 4.78 is 12.3. The van der Waals surface area contributed by atoms with Gasteiger partial charge in [0.05, 0.1) is 45.3 Å². The topological polar surface area (TPSA) is 209 Å². The molecule has 4 saturated heterocycles. The molecule has 3 amide bonds. The number of aromatic nitrogens is 5. The Morgan fingerprint density at radius 3 is 2.40 bits per heavy atom. The van der Waals surface area contributed by atoms with Crippen LogP contribution in [0.4, 0.5) is 11.6 Å². The van der Waals surface area contributed by atoms with Gasteiger partial charge in [0.2, 0.25) is 17.7 Å². The van der Waals surface area contributed by atoms with Crippen LogP contribution in [0.3, 0.4) is 0 Å². The predicted molar refractivity (Wildman–Crippen MR) is 278 cm³/mol. The number of aliphatic hydroxyl groups is 1. The monoisotopic (exact) mass is 1040 g/mol. The molecular formula is C52H66ClN11O6S2. The number of aliphatic hydroxyl groups excluding tert-OH is 1. The van der Waals surface area contributed by atoms with Crippen LogP contribution < -0.4 is 25.6 Å².